The molecule has 162 valence electrons. The van der Waals surface area contributed by atoms with Gasteiger partial charge in [0.2, 0.25) is 5.91 Å². The third-order valence-corrected chi connectivity index (χ3v) is 5.47. The molecule has 1 atom stereocenters. The van der Waals surface area contributed by atoms with E-state index in [9.17, 15) is 9.59 Å². The van der Waals surface area contributed by atoms with Gasteiger partial charge < -0.3 is 14.8 Å². The van der Waals surface area contributed by atoms with Gasteiger partial charge in [-0.1, -0.05) is 38.1 Å². The molecular weight excluding hydrogens is 394 g/mol. The third-order valence-electron chi connectivity index (χ3n) is 5.47. The van der Waals surface area contributed by atoms with Gasteiger partial charge in [-0.3, -0.25) is 9.59 Å². The van der Waals surface area contributed by atoms with Crippen molar-refractivity contribution in [2.24, 2.45) is 13.0 Å². The van der Waals surface area contributed by atoms with Crippen LogP contribution in [0.5, 0.6) is 11.5 Å². The van der Waals surface area contributed by atoms with Gasteiger partial charge in [0.05, 0.1) is 36.8 Å². The van der Waals surface area contributed by atoms with E-state index in [1.54, 1.807) is 13.1 Å². The largest absolute Gasteiger partial charge is 0.490 e. The zero-order valence-electron chi connectivity index (χ0n) is 18.1. The van der Waals surface area contributed by atoms with Crippen molar-refractivity contribution in [3.63, 3.8) is 0 Å². The van der Waals surface area contributed by atoms with Gasteiger partial charge in [0.15, 0.2) is 11.5 Å². The van der Waals surface area contributed by atoms with Crippen LogP contribution in [-0.2, 0) is 18.3 Å². The van der Waals surface area contributed by atoms with Crippen LogP contribution in [0.2, 0.25) is 0 Å². The smallest absolute Gasteiger partial charge is 0.274 e. The predicted molar refractivity (Wildman–Crippen MR) is 118 cm³/mol. The topological polar surface area (TPSA) is 82.5 Å². The summed E-state index contributed by atoms with van der Waals surface area (Å²) in [6.07, 6.45) is 0.928. The Kier molecular flexibility index (Phi) is 5.93. The number of ether oxygens (including phenoxy) is 2. The number of aromatic nitrogens is 2. The summed E-state index contributed by atoms with van der Waals surface area (Å²) in [6, 6.07) is 12.9. The molecule has 2 aromatic carbocycles. The molecule has 0 aliphatic carbocycles. The molecule has 1 N–H and O–H groups in total. The second-order valence-corrected chi connectivity index (χ2v) is 8.14. The minimum absolute atomic E-state index is 0.0857. The molecule has 0 fully saturated rings. The number of amides is 1. The third kappa shape index (κ3) is 4.40. The number of carbonyl (C=O) groups is 1. The molecule has 0 bridgehead atoms. The Bertz CT molecular complexity index is 1170. The number of carbonyl (C=O) groups excluding carboxylic acids is 1. The van der Waals surface area contributed by atoms with E-state index in [0.717, 1.165) is 17.7 Å². The van der Waals surface area contributed by atoms with Gasteiger partial charge in [-0.05, 0) is 29.7 Å². The molecule has 1 aliphatic rings. The lowest BCUT2D eigenvalue weighted by Gasteiger charge is -2.24. The average Bonchev–Trinajstić information content (AvgIpc) is 3.00. The van der Waals surface area contributed by atoms with Crippen molar-refractivity contribution in [3.8, 4) is 11.5 Å². The number of nitrogens with one attached hydrogen (secondary N) is 1. The molecular formula is C24H27N3O4. The van der Waals surface area contributed by atoms with Gasteiger partial charge in [-0.2, -0.15) is 5.10 Å². The van der Waals surface area contributed by atoms with Crippen LogP contribution in [0.3, 0.4) is 0 Å². The van der Waals surface area contributed by atoms with Crippen molar-refractivity contribution in [3.05, 3.63) is 64.1 Å². The van der Waals surface area contributed by atoms with Crippen molar-refractivity contribution in [2.45, 2.75) is 32.7 Å². The Morgan fingerprint density at radius 1 is 1.10 bits per heavy atom. The van der Waals surface area contributed by atoms with E-state index in [0.29, 0.717) is 35.4 Å². The SMILES string of the molecule is CC(C)C(NC(=O)Cc1nn(C)c(=O)c2ccccc12)c1ccc2c(c1)OCCCO2. The van der Waals surface area contributed by atoms with Crippen LogP contribution in [0.15, 0.2) is 47.3 Å². The van der Waals surface area contributed by atoms with Crippen LogP contribution < -0.4 is 20.3 Å². The molecule has 1 unspecified atom stereocenters. The van der Waals surface area contributed by atoms with Gasteiger partial charge in [0.1, 0.15) is 0 Å². The number of hydrogen-bond donors (Lipinski definition) is 1. The van der Waals surface area contributed by atoms with Crippen LogP contribution >= 0.6 is 0 Å². The van der Waals surface area contributed by atoms with E-state index in [4.69, 9.17) is 9.47 Å². The molecule has 1 aliphatic heterocycles. The number of aryl methyl sites for hydroxylation is 1. The Labute approximate surface area is 181 Å². The first-order chi connectivity index (χ1) is 14.9. The molecule has 31 heavy (non-hydrogen) atoms. The van der Waals surface area contributed by atoms with Crippen molar-refractivity contribution in [1.82, 2.24) is 15.1 Å². The molecule has 0 radical (unpaired) electrons. The number of fused-ring (bicyclic) bond motifs is 2. The summed E-state index contributed by atoms with van der Waals surface area (Å²) >= 11 is 0. The fraction of sp³-hybridized carbons (Fsp3) is 0.375. The average molecular weight is 421 g/mol. The fourth-order valence-corrected chi connectivity index (χ4v) is 3.89. The molecule has 3 aromatic rings. The second kappa shape index (κ2) is 8.79. The predicted octanol–water partition coefficient (Wildman–Crippen LogP) is 3.15. The summed E-state index contributed by atoms with van der Waals surface area (Å²) in [7, 11) is 1.60. The van der Waals surface area contributed by atoms with Gasteiger partial charge >= 0.3 is 0 Å². The molecule has 0 spiro atoms. The van der Waals surface area contributed by atoms with E-state index in [-0.39, 0.29) is 29.8 Å². The van der Waals surface area contributed by atoms with E-state index >= 15 is 0 Å². The van der Waals surface area contributed by atoms with Gasteiger partial charge in [-0.25, -0.2) is 4.68 Å². The van der Waals surface area contributed by atoms with Crippen LogP contribution in [0.4, 0.5) is 0 Å². The number of nitrogens with zero attached hydrogens (tertiary/aromatic N) is 2. The zero-order chi connectivity index (χ0) is 22.0. The van der Waals surface area contributed by atoms with E-state index < -0.39 is 0 Å². The minimum atomic E-state index is -0.191. The van der Waals surface area contributed by atoms with Crippen LogP contribution in [0, 0.1) is 5.92 Å². The number of benzene rings is 2. The molecule has 2 heterocycles. The minimum Gasteiger partial charge on any atom is -0.490 e. The molecule has 0 saturated carbocycles. The maximum atomic E-state index is 13.0. The number of hydrogen-bond acceptors (Lipinski definition) is 5. The van der Waals surface area contributed by atoms with Crippen molar-refractivity contribution >= 4 is 16.7 Å². The first kappa shape index (κ1) is 20.9. The molecule has 4 rings (SSSR count). The zero-order valence-corrected chi connectivity index (χ0v) is 18.1. The standard InChI is InChI=1S/C24H27N3O4/c1-15(2)23(16-9-10-20-21(13-16)31-12-6-11-30-20)25-22(28)14-19-17-7-4-5-8-18(17)24(29)27(3)26-19/h4-5,7-10,13,15,23H,6,11-12,14H2,1-3H3,(H,25,28). The quantitative estimate of drug-likeness (QED) is 0.684. The first-order valence-corrected chi connectivity index (χ1v) is 10.6. The van der Waals surface area contributed by atoms with Crippen molar-refractivity contribution in [2.75, 3.05) is 13.2 Å². The van der Waals surface area contributed by atoms with Crippen LogP contribution in [0.1, 0.15) is 37.6 Å². The molecule has 0 saturated heterocycles. The lowest BCUT2D eigenvalue weighted by molar-refractivity contribution is -0.121. The Morgan fingerprint density at radius 2 is 1.81 bits per heavy atom. The molecule has 7 nitrogen and oxygen atoms in total. The summed E-state index contributed by atoms with van der Waals surface area (Å²) in [5.74, 6) is 1.46. The molecule has 1 aromatic heterocycles. The molecule has 7 heteroatoms. The van der Waals surface area contributed by atoms with E-state index in [1.165, 1.54) is 4.68 Å². The summed E-state index contributed by atoms with van der Waals surface area (Å²) < 4.78 is 12.8. The van der Waals surface area contributed by atoms with Gasteiger partial charge in [0.25, 0.3) is 5.56 Å². The highest BCUT2D eigenvalue weighted by Crippen LogP contribution is 2.34. The highest BCUT2D eigenvalue weighted by atomic mass is 16.5. The Balaban J connectivity index is 1.58. The fourth-order valence-electron chi connectivity index (χ4n) is 3.89. The van der Waals surface area contributed by atoms with Gasteiger partial charge in [0, 0.05) is 18.9 Å². The summed E-state index contributed by atoms with van der Waals surface area (Å²) in [6.45, 7) is 5.37. The highest BCUT2D eigenvalue weighted by Gasteiger charge is 2.22. The highest BCUT2D eigenvalue weighted by molar-refractivity contribution is 5.88. The van der Waals surface area contributed by atoms with E-state index in [2.05, 4.69) is 24.3 Å². The number of rotatable bonds is 5. The summed E-state index contributed by atoms with van der Waals surface area (Å²) in [4.78, 5) is 25.3. The summed E-state index contributed by atoms with van der Waals surface area (Å²) in [5.41, 5.74) is 1.37. The lowest BCUT2D eigenvalue weighted by atomic mass is 9.95. The van der Waals surface area contributed by atoms with Crippen LogP contribution in [-0.4, -0.2) is 28.9 Å². The lowest BCUT2D eigenvalue weighted by Crippen LogP contribution is -2.33. The normalized spacial score (nSPS) is 14.3. The first-order valence-electron chi connectivity index (χ1n) is 10.6. The van der Waals surface area contributed by atoms with E-state index in [1.807, 2.05) is 36.4 Å². The van der Waals surface area contributed by atoms with Crippen molar-refractivity contribution in [1.29, 1.82) is 0 Å². The maximum absolute atomic E-state index is 13.0. The second-order valence-electron chi connectivity index (χ2n) is 8.14. The van der Waals surface area contributed by atoms with Gasteiger partial charge in [-0.15, -0.1) is 0 Å². The Hall–Kier alpha value is -3.35. The molecule has 1 amide bonds. The maximum Gasteiger partial charge on any atom is 0.274 e. The van der Waals surface area contributed by atoms with Crippen molar-refractivity contribution < 1.29 is 14.3 Å². The monoisotopic (exact) mass is 421 g/mol. The van der Waals surface area contributed by atoms with Crippen LogP contribution in [0.25, 0.3) is 10.8 Å². The summed E-state index contributed by atoms with van der Waals surface area (Å²) in [5, 5.41) is 8.75. The Morgan fingerprint density at radius 3 is 2.55 bits per heavy atom.